The summed E-state index contributed by atoms with van der Waals surface area (Å²) in [6, 6.07) is 0. The number of nitrogen functional groups attached to an aromatic ring is 1. The molecule has 0 amide bonds. The summed E-state index contributed by atoms with van der Waals surface area (Å²) in [6.45, 7) is 2.28. The lowest BCUT2D eigenvalue weighted by molar-refractivity contribution is 0.129. The van der Waals surface area contributed by atoms with Gasteiger partial charge in [0.2, 0.25) is 5.88 Å². The van der Waals surface area contributed by atoms with Crippen LogP contribution in [0.5, 0.6) is 5.88 Å². The van der Waals surface area contributed by atoms with Crippen LogP contribution in [0.4, 0.5) is 0 Å². The molecule has 0 spiro atoms. The minimum absolute atomic E-state index is 0.0736. The Morgan fingerprint density at radius 1 is 1.29 bits per heavy atom. The molecule has 1 heterocycles. The third-order valence-corrected chi connectivity index (χ3v) is 3.15. The molecule has 92 valence electrons. The van der Waals surface area contributed by atoms with Crippen LogP contribution < -0.4 is 10.5 Å². The highest BCUT2D eigenvalue weighted by Gasteiger charge is 2.19. The van der Waals surface area contributed by atoms with Gasteiger partial charge in [0.25, 0.3) is 0 Å². The molecule has 1 aromatic rings. The molecule has 0 radical (unpaired) electrons. The van der Waals surface area contributed by atoms with Crippen LogP contribution in [0.1, 0.15) is 38.3 Å². The van der Waals surface area contributed by atoms with Crippen LogP contribution in [-0.4, -0.2) is 21.9 Å². The number of amidine groups is 1. The van der Waals surface area contributed by atoms with Crippen LogP contribution in [0.25, 0.3) is 0 Å². The van der Waals surface area contributed by atoms with E-state index in [0.29, 0.717) is 11.6 Å². The molecule has 1 aromatic heterocycles. The number of hydrogen-bond donors (Lipinski definition) is 2. The van der Waals surface area contributed by atoms with E-state index in [1.165, 1.54) is 25.2 Å². The zero-order chi connectivity index (χ0) is 12.3. The van der Waals surface area contributed by atoms with Gasteiger partial charge in [0.05, 0.1) is 12.4 Å². The maximum Gasteiger partial charge on any atom is 0.232 e. The first-order chi connectivity index (χ1) is 8.15. The fraction of sp³-hybridized carbons (Fsp3) is 0.583. The number of nitrogens with two attached hydrogens (primary N) is 1. The van der Waals surface area contributed by atoms with E-state index in [-0.39, 0.29) is 11.9 Å². The largest absolute Gasteiger partial charge is 0.473 e. The van der Waals surface area contributed by atoms with Crippen LogP contribution in [0, 0.1) is 11.3 Å². The van der Waals surface area contributed by atoms with Crippen LogP contribution in [0.2, 0.25) is 0 Å². The number of ether oxygens (including phenoxy) is 1. The van der Waals surface area contributed by atoms with E-state index >= 15 is 0 Å². The molecular weight excluding hydrogens is 216 g/mol. The third-order valence-electron chi connectivity index (χ3n) is 3.15. The highest BCUT2D eigenvalue weighted by Crippen LogP contribution is 2.26. The second-order valence-electron chi connectivity index (χ2n) is 4.65. The topological polar surface area (TPSA) is 84.9 Å². The Labute approximate surface area is 101 Å². The summed E-state index contributed by atoms with van der Waals surface area (Å²) in [4.78, 5) is 8.13. The van der Waals surface area contributed by atoms with Gasteiger partial charge in [-0.05, 0) is 31.6 Å². The van der Waals surface area contributed by atoms with Gasteiger partial charge in [0.1, 0.15) is 17.6 Å². The molecule has 0 unspecified atom stereocenters. The zero-order valence-electron chi connectivity index (χ0n) is 10.0. The lowest BCUT2D eigenvalue weighted by Crippen LogP contribution is -2.23. The van der Waals surface area contributed by atoms with E-state index in [2.05, 4.69) is 16.9 Å². The average molecular weight is 234 g/mol. The van der Waals surface area contributed by atoms with E-state index in [1.54, 1.807) is 0 Å². The van der Waals surface area contributed by atoms with Crippen LogP contribution in [-0.2, 0) is 0 Å². The minimum Gasteiger partial charge on any atom is -0.473 e. The van der Waals surface area contributed by atoms with E-state index in [1.807, 2.05) is 0 Å². The monoisotopic (exact) mass is 234 g/mol. The van der Waals surface area contributed by atoms with Gasteiger partial charge in [-0.25, -0.2) is 9.97 Å². The molecule has 0 bridgehead atoms. The fourth-order valence-corrected chi connectivity index (χ4v) is 2.03. The van der Waals surface area contributed by atoms with Gasteiger partial charge in [-0.3, -0.25) is 5.41 Å². The lowest BCUT2D eigenvalue weighted by Gasteiger charge is -2.26. The molecule has 5 nitrogen and oxygen atoms in total. The highest BCUT2D eigenvalue weighted by molar-refractivity contribution is 5.92. The van der Waals surface area contributed by atoms with Crippen LogP contribution in [0.15, 0.2) is 12.4 Å². The molecule has 1 aliphatic carbocycles. The van der Waals surface area contributed by atoms with Gasteiger partial charge in [-0.15, -0.1) is 0 Å². The maximum absolute atomic E-state index is 7.22. The van der Waals surface area contributed by atoms with Gasteiger partial charge in [0.15, 0.2) is 0 Å². The van der Waals surface area contributed by atoms with E-state index in [4.69, 9.17) is 15.9 Å². The van der Waals surface area contributed by atoms with Crippen LogP contribution in [0.3, 0.4) is 0 Å². The summed E-state index contributed by atoms with van der Waals surface area (Å²) in [7, 11) is 0. The molecule has 2 rings (SSSR count). The molecule has 0 saturated heterocycles. The number of nitrogens with zero attached hydrogens (tertiary/aromatic N) is 2. The molecule has 1 fully saturated rings. The Hall–Kier alpha value is -1.65. The van der Waals surface area contributed by atoms with Gasteiger partial charge in [0, 0.05) is 0 Å². The third kappa shape index (κ3) is 3.15. The Bertz CT molecular complexity index is 382. The van der Waals surface area contributed by atoms with Gasteiger partial charge in [-0.1, -0.05) is 6.92 Å². The first kappa shape index (κ1) is 11.8. The molecule has 0 atom stereocenters. The Morgan fingerprint density at radius 3 is 2.53 bits per heavy atom. The number of hydrogen-bond acceptors (Lipinski definition) is 4. The molecule has 1 aliphatic rings. The number of aromatic nitrogens is 2. The van der Waals surface area contributed by atoms with Crippen molar-refractivity contribution in [2.24, 2.45) is 11.7 Å². The van der Waals surface area contributed by atoms with Crippen molar-refractivity contribution in [3.05, 3.63) is 18.1 Å². The Kier molecular flexibility index (Phi) is 3.56. The number of rotatable bonds is 3. The van der Waals surface area contributed by atoms with Gasteiger partial charge in [-0.2, -0.15) is 0 Å². The summed E-state index contributed by atoms with van der Waals surface area (Å²) in [5.74, 6) is 1.26. The van der Waals surface area contributed by atoms with Crippen molar-refractivity contribution in [3.8, 4) is 5.88 Å². The van der Waals surface area contributed by atoms with E-state index in [9.17, 15) is 0 Å². The van der Waals surface area contributed by atoms with Crippen LogP contribution >= 0.6 is 0 Å². The summed E-state index contributed by atoms with van der Waals surface area (Å²) in [6.07, 6.45) is 7.85. The molecule has 0 aliphatic heterocycles. The highest BCUT2D eigenvalue weighted by atomic mass is 16.5. The van der Waals surface area contributed by atoms with Crippen molar-refractivity contribution in [2.45, 2.75) is 38.7 Å². The molecule has 17 heavy (non-hydrogen) atoms. The molecular formula is C12H18N4O. The molecule has 1 saturated carbocycles. The number of nitrogens with one attached hydrogen (secondary N) is 1. The van der Waals surface area contributed by atoms with Crippen molar-refractivity contribution in [1.82, 2.24) is 9.97 Å². The molecule has 0 aromatic carbocycles. The fourth-order valence-electron chi connectivity index (χ4n) is 2.03. The van der Waals surface area contributed by atoms with Crippen molar-refractivity contribution in [3.63, 3.8) is 0 Å². The van der Waals surface area contributed by atoms with E-state index < -0.39 is 0 Å². The summed E-state index contributed by atoms with van der Waals surface area (Å²) in [5, 5.41) is 7.22. The maximum atomic E-state index is 7.22. The SMILES string of the molecule is CC1CCC(Oc2cnc(C(=N)N)cn2)CC1. The van der Waals surface area contributed by atoms with Gasteiger partial charge >= 0.3 is 0 Å². The van der Waals surface area contributed by atoms with Crippen molar-refractivity contribution in [1.29, 1.82) is 5.41 Å². The van der Waals surface area contributed by atoms with Gasteiger partial charge < -0.3 is 10.5 Å². The van der Waals surface area contributed by atoms with Crippen molar-refractivity contribution >= 4 is 5.84 Å². The first-order valence-electron chi connectivity index (χ1n) is 5.98. The Balaban J connectivity index is 1.92. The zero-order valence-corrected chi connectivity index (χ0v) is 10.0. The predicted octanol–water partition coefficient (Wildman–Crippen LogP) is 1.72. The normalized spacial score (nSPS) is 24.3. The Morgan fingerprint density at radius 2 is 2.00 bits per heavy atom. The second-order valence-corrected chi connectivity index (χ2v) is 4.65. The first-order valence-corrected chi connectivity index (χ1v) is 5.98. The summed E-state index contributed by atoms with van der Waals surface area (Å²) in [5.41, 5.74) is 5.69. The summed E-state index contributed by atoms with van der Waals surface area (Å²) < 4.78 is 5.75. The standard InChI is InChI=1S/C12H18N4O/c1-8-2-4-9(5-3-8)17-11-7-15-10(6-16-11)12(13)14/h6-9H,2-5H2,1H3,(H3,13,14). The predicted molar refractivity (Wildman–Crippen MR) is 65.1 cm³/mol. The lowest BCUT2D eigenvalue weighted by atomic mass is 9.89. The van der Waals surface area contributed by atoms with E-state index in [0.717, 1.165) is 18.8 Å². The van der Waals surface area contributed by atoms with Crippen molar-refractivity contribution in [2.75, 3.05) is 0 Å². The summed E-state index contributed by atoms with van der Waals surface area (Å²) >= 11 is 0. The molecule has 5 heteroatoms. The smallest absolute Gasteiger partial charge is 0.232 e. The average Bonchev–Trinajstić information content (AvgIpc) is 2.33. The second kappa shape index (κ2) is 5.12. The van der Waals surface area contributed by atoms with Crippen molar-refractivity contribution < 1.29 is 4.74 Å². The minimum atomic E-state index is -0.0736. The molecule has 3 N–H and O–H groups in total. The quantitative estimate of drug-likeness (QED) is 0.616.